The Morgan fingerprint density at radius 2 is 2.04 bits per heavy atom. The Labute approximate surface area is 141 Å². The fourth-order valence-electron chi connectivity index (χ4n) is 2.74. The van der Waals surface area contributed by atoms with Crippen molar-refractivity contribution in [2.45, 2.75) is 51.7 Å². The van der Waals surface area contributed by atoms with Gasteiger partial charge >= 0.3 is 0 Å². The molecular formula is C17H25N3O2S. The summed E-state index contributed by atoms with van der Waals surface area (Å²) in [5, 5.41) is 3.05. The molecule has 126 valence electrons. The molecule has 23 heavy (non-hydrogen) atoms. The lowest BCUT2D eigenvalue weighted by molar-refractivity contribution is -0.125. The van der Waals surface area contributed by atoms with E-state index in [-0.39, 0.29) is 23.9 Å². The van der Waals surface area contributed by atoms with Gasteiger partial charge in [0.1, 0.15) is 11.7 Å². The minimum atomic E-state index is -0.365. The third-order valence-electron chi connectivity index (χ3n) is 4.75. The lowest BCUT2D eigenvalue weighted by Crippen LogP contribution is -2.50. The summed E-state index contributed by atoms with van der Waals surface area (Å²) < 4.78 is 2.07. The molecule has 1 saturated carbocycles. The molecule has 0 radical (unpaired) electrons. The van der Waals surface area contributed by atoms with E-state index in [9.17, 15) is 9.59 Å². The average molecular weight is 335 g/mol. The molecule has 1 aromatic rings. The van der Waals surface area contributed by atoms with Crippen LogP contribution in [0.1, 0.15) is 50.1 Å². The SMILES string of the molecule is CC(C)[C@@H](C)NC(=O)[C@H]1CSCN1C(=O)c1cccn1C1CC1. The van der Waals surface area contributed by atoms with E-state index in [0.29, 0.717) is 29.3 Å². The maximum atomic E-state index is 12.9. The number of hydrogen-bond donors (Lipinski definition) is 1. The lowest BCUT2D eigenvalue weighted by atomic mass is 10.1. The van der Waals surface area contributed by atoms with Crippen LogP contribution in [0.25, 0.3) is 0 Å². The Morgan fingerprint density at radius 1 is 1.30 bits per heavy atom. The first-order valence-corrected chi connectivity index (χ1v) is 9.50. The van der Waals surface area contributed by atoms with Crippen LogP contribution in [0.5, 0.6) is 0 Å². The fraction of sp³-hybridized carbons (Fsp3) is 0.647. The van der Waals surface area contributed by atoms with Crippen molar-refractivity contribution < 1.29 is 9.59 Å². The van der Waals surface area contributed by atoms with Gasteiger partial charge in [0.05, 0.1) is 5.88 Å². The van der Waals surface area contributed by atoms with Gasteiger partial charge in [-0.1, -0.05) is 13.8 Å². The van der Waals surface area contributed by atoms with Gasteiger partial charge in [-0.25, -0.2) is 0 Å². The maximum absolute atomic E-state index is 12.9. The zero-order valence-corrected chi connectivity index (χ0v) is 14.8. The molecule has 5 nitrogen and oxygen atoms in total. The van der Waals surface area contributed by atoms with Gasteiger partial charge in [-0.3, -0.25) is 9.59 Å². The van der Waals surface area contributed by atoms with Gasteiger partial charge in [0.15, 0.2) is 0 Å². The molecule has 2 amide bonds. The molecule has 2 atom stereocenters. The number of nitrogens with one attached hydrogen (secondary N) is 1. The topological polar surface area (TPSA) is 54.3 Å². The van der Waals surface area contributed by atoms with E-state index in [2.05, 4.69) is 23.7 Å². The van der Waals surface area contributed by atoms with Crippen LogP contribution in [0.3, 0.4) is 0 Å². The van der Waals surface area contributed by atoms with Crippen LogP contribution in [0.4, 0.5) is 0 Å². The van der Waals surface area contributed by atoms with E-state index < -0.39 is 0 Å². The van der Waals surface area contributed by atoms with Gasteiger partial charge in [-0.05, 0) is 37.8 Å². The second-order valence-electron chi connectivity index (χ2n) is 6.86. The Hall–Kier alpha value is -1.43. The van der Waals surface area contributed by atoms with Gasteiger partial charge in [0.25, 0.3) is 5.91 Å². The molecule has 2 heterocycles. The molecule has 2 fully saturated rings. The van der Waals surface area contributed by atoms with Crippen LogP contribution >= 0.6 is 11.8 Å². The van der Waals surface area contributed by atoms with Crippen molar-refractivity contribution in [3.63, 3.8) is 0 Å². The summed E-state index contributed by atoms with van der Waals surface area (Å²) in [5.74, 6) is 1.58. The molecule has 0 aromatic carbocycles. The molecule has 1 aromatic heterocycles. The van der Waals surface area contributed by atoms with Crippen molar-refractivity contribution >= 4 is 23.6 Å². The molecule has 3 rings (SSSR count). The van der Waals surface area contributed by atoms with E-state index in [4.69, 9.17) is 0 Å². The van der Waals surface area contributed by atoms with Crippen molar-refractivity contribution in [1.82, 2.24) is 14.8 Å². The number of carbonyl (C=O) groups excluding carboxylic acids is 2. The summed E-state index contributed by atoms with van der Waals surface area (Å²) in [6.45, 7) is 6.18. The van der Waals surface area contributed by atoms with Crippen molar-refractivity contribution in [3.05, 3.63) is 24.0 Å². The Morgan fingerprint density at radius 3 is 2.70 bits per heavy atom. The van der Waals surface area contributed by atoms with Crippen molar-refractivity contribution in [2.75, 3.05) is 11.6 Å². The van der Waals surface area contributed by atoms with E-state index in [1.54, 1.807) is 16.7 Å². The van der Waals surface area contributed by atoms with Gasteiger partial charge in [0, 0.05) is 24.0 Å². The molecule has 1 N–H and O–H groups in total. The molecule has 0 spiro atoms. The summed E-state index contributed by atoms with van der Waals surface area (Å²) in [4.78, 5) is 27.2. The smallest absolute Gasteiger partial charge is 0.271 e. The Bertz CT molecular complexity index is 594. The first-order chi connectivity index (χ1) is 11.0. The number of rotatable bonds is 5. The Kier molecular flexibility index (Phi) is 4.71. The molecule has 1 saturated heterocycles. The molecule has 6 heteroatoms. The van der Waals surface area contributed by atoms with Crippen molar-refractivity contribution in [2.24, 2.45) is 5.92 Å². The molecule has 1 aliphatic carbocycles. The number of aromatic nitrogens is 1. The second kappa shape index (κ2) is 6.59. The fourth-order valence-corrected chi connectivity index (χ4v) is 3.89. The van der Waals surface area contributed by atoms with Crippen LogP contribution in [-0.4, -0.2) is 45.0 Å². The van der Waals surface area contributed by atoms with Crippen molar-refractivity contribution in [3.8, 4) is 0 Å². The second-order valence-corrected chi connectivity index (χ2v) is 7.86. The van der Waals surface area contributed by atoms with Crippen LogP contribution in [-0.2, 0) is 4.79 Å². The highest BCUT2D eigenvalue weighted by Gasteiger charge is 2.37. The zero-order chi connectivity index (χ0) is 16.6. The highest BCUT2D eigenvalue weighted by molar-refractivity contribution is 7.99. The van der Waals surface area contributed by atoms with E-state index in [1.807, 2.05) is 25.3 Å². The van der Waals surface area contributed by atoms with Gasteiger partial charge in [0.2, 0.25) is 5.91 Å². The summed E-state index contributed by atoms with van der Waals surface area (Å²) in [6.07, 6.45) is 4.25. The Balaban J connectivity index is 1.72. The van der Waals surface area contributed by atoms with E-state index in [0.717, 1.165) is 12.8 Å². The van der Waals surface area contributed by atoms with Gasteiger partial charge in [-0.15, -0.1) is 11.8 Å². The number of amides is 2. The third kappa shape index (κ3) is 3.42. The van der Waals surface area contributed by atoms with E-state index >= 15 is 0 Å². The van der Waals surface area contributed by atoms with Crippen LogP contribution in [0.15, 0.2) is 18.3 Å². The van der Waals surface area contributed by atoms with Gasteiger partial charge < -0.3 is 14.8 Å². The van der Waals surface area contributed by atoms with Crippen LogP contribution in [0, 0.1) is 5.92 Å². The van der Waals surface area contributed by atoms with Crippen LogP contribution in [0.2, 0.25) is 0 Å². The van der Waals surface area contributed by atoms with Crippen LogP contribution < -0.4 is 5.32 Å². The molecule has 0 unspecified atom stereocenters. The minimum Gasteiger partial charge on any atom is -0.352 e. The molecule has 2 aliphatic rings. The number of nitrogens with zero attached hydrogens (tertiary/aromatic N) is 2. The maximum Gasteiger partial charge on any atom is 0.271 e. The monoisotopic (exact) mass is 335 g/mol. The quantitative estimate of drug-likeness (QED) is 0.899. The largest absolute Gasteiger partial charge is 0.352 e. The lowest BCUT2D eigenvalue weighted by Gasteiger charge is -2.26. The summed E-state index contributed by atoms with van der Waals surface area (Å²) in [6, 6.07) is 4.00. The summed E-state index contributed by atoms with van der Waals surface area (Å²) in [7, 11) is 0. The molecular weight excluding hydrogens is 310 g/mol. The van der Waals surface area contributed by atoms with Gasteiger partial charge in [-0.2, -0.15) is 0 Å². The zero-order valence-electron chi connectivity index (χ0n) is 14.0. The predicted molar refractivity (Wildman–Crippen MR) is 92.4 cm³/mol. The predicted octanol–water partition coefficient (Wildman–Crippen LogP) is 2.50. The number of thioether (sulfide) groups is 1. The number of hydrogen-bond acceptors (Lipinski definition) is 3. The number of carbonyl (C=O) groups is 2. The standard InChI is InChI=1S/C17H25N3O2S/c1-11(2)12(3)18-16(21)15-9-23-10-20(15)17(22)14-5-4-8-19(14)13-6-7-13/h4-5,8,11-13,15H,6-7,9-10H2,1-3H3,(H,18,21)/t12-,15-/m1/s1. The van der Waals surface area contributed by atoms with E-state index in [1.165, 1.54) is 0 Å². The molecule has 1 aliphatic heterocycles. The normalized spacial score (nSPS) is 22.4. The highest BCUT2D eigenvalue weighted by Crippen LogP contribution is 2.36. The van der Waals surface area contributed by atoms with Crippen molar-refractivity contribution in [1.29, 1.82) is 0 Å². The highest BCUT2D eigenvalue weighted by atomic mass is 32.2. The summed E-state index contributed by atoms with van der Waals surface area (Å²) in [5.41, 5.74) is 0.713. The first kappa shape index (κ1) is 16.4. The summed E-state index contributed by atoms with van der Waals surface area (Å²) >= 11 is 1.64. The molecule has 0 bridgehead atoms. The average Bonchev–Trinajstić information content (AvgIpc) is 3.04. The minimum absolute atomic E-state index is 0.0238. The third-order valence-corrected chi connectivity index (χ3v) is 5.77. The first-order valence-electron chi connectivity index (χ1n) is 8.35.